The van der Waals surface area contributed by atoms with Crippen molar-refractivity contribution in [2.75, 3.05) is 23.7 Å². The van der Waals surface area contributed by atoms with Crippen molar-refractivity contribution < 1.29 is 4.79 Å². The van der Waals surface area contributed by atoms with Gasteiger partial charge in [0, 0.05) is 48.0 Å². The van der Waals surface area contributed by atoms with Crippen LogP contribution >= 0.6 is 11.3 Å². The van der Waals surface area contributed by atoms with Gasteiger partial charge in [0.2, 0.25) is 0 Å². The van der Waals surface area contributed by atoms with Gasteiger partial charge in [0.1, 0.15) is 9.71 Å². The Bertz CT molecular complexity index is 1190. The number of nitrogen functional groups attached to an aromatic ring is 1. The Balaban J connectivity index is 1.16. The molecule has 4 N–H and O–H groups in total. The standard InChI is InChI=1S/C25H29N5OS/c1-14-2-9-21-22(26)23(32-25(21)27-14)24(31)29-17-5-3-16-11-20(8-4-15(16)10-17)30-12-18-6-7-19(13-30)28-18/h2,4,8-9,11,17-19,28H,3,5-7,10,12-13,26H2,1H3,(H,29,31)/t17-,18-,19+/m0/s1. The second kappa shape index (κ2) is 7.74. The van der Waals surface area contributed by atoms with Crippen molar-refractivity contribution in [3.05, 3.63) is 52.0 Å². The second-order valence-corrected chi connectivity index (χ2v) is 10.6. The predicted octanol–water partition coefficient (Wildman–Crippen LogP) is 3.41. The zero-order valence-electron chi connectivity index (χ0n) is 18.4. The minimum atomic E-state index is -0.0792. The number of piperazine rings is 1. The van der Waals surface area contributed by atoms with Gasteiger partial charge in [-0.1, -0.05) is 6.07 Å². The van der Waals surface area contributed by atoms with E-state index in [1.807, 2.05) is 19.1 Å². The van der Waals surface area contributed by atoms with E-state index in [4.69, 9.17) is 5.73 Å². The van der Waals surface area contributed by atoms with Crippen LogP contribution in [0.1, 0.15) is 45.8 Å². The van der Waals surface area contributed by atoms with Crippen LogP contribution in [0.25, 0.3) is 10.2 Å². The van der Waals surface area contributed by atoms with Crippen molar-refractivity contribution in [3.63, 3.8) is 0 Å². The number of hydrogen-bond acceptors (Lipinski definition) is 6. The number of hydrogen-bond donors (Lipinski definition) is 3. The number of nitrogens with one attached hydrogen (secondary N) is 2. The van der Waals surface area contributed by atoms with E-state index in [-0.39, 0.29) is 11.9 Å². The topological polar surface area (TPSA) is 83.3 Å². The zero-order chi connectivity index (χ0) is 21.8. The summed E-state index contributed by atoms with van der Waals surface area (Å²) in [6, 6.07) is 12.2. The summed E-state index contributed by atoms with van der Waals surface area (Å²) in [6.07, 6.45) is 5.42. The normalized spacial score (nSPS) is 24.5. The van der Waals surface area contributed by atoms with E-state index in [1.165, 1.54) is 41.0 Å². The number of thiophene rings is 1. The van der Waals surface area contributed by atoms with Gasteiger partial charge in [-0.05, 0) is 74.4 Å². The van der Waals surface area contributed by atoms with Crippen molar-refractivity contribution >= 4 is 38.8 Å². The molecule has 6 nitrogen and oxygen atoms in total. The zero-order valence-corrected chi connectivity index (χ0v) is 19.2. The highest BCUT2D eigenvalue weighted by molar-refractivity contribution is 7.21. The molecular weight excluding hydrogens is 418 g/mol. The first-order valence-electron chi connectivity index (χ1n) is 11.6. The van der Waals surface area contributed by atoms with Gasteiger partial charge in [0.05, 0.1) is 5.69 Å². The number of fused-ring (bicyclic) bond motifs is 4. The number of aromatic nitrogens is 1. The van der Waals surface area contributed by atoms with E-state index in [0.29, 0.717) is 22.6 Å². The van der Waals surface area contributed by atoms with E-state index >= 15 is 0 Å². The third-order valence-corrected chi connectivity index (χ3v) is 8.39. The molecule has 166 valence electrons. The van der Waals surface area contributed by atoms with Gasteiger partial charge < -0.3 is 21.3 Å². The monoisotopic (exact) mass is 447 g/mol. The maximum absolute atomic E-state index is 13.0. The predicted molar refractivity (Wildman–Crippen MR) is 131 cm³/mol. The summed E-state index contributed by atoms with van der Waals surface area (Å²) in [7, 11) is 0. The fraction of sp³-hybridized carbons (Fsp3) is 0.440. The molecule has 1 amide bonds. The van der Waals surface area contributed by atoms with Gasteiger partial charge in [0.25, 0.3) is 5.91 Å². The third-order valence-electron chi connectivity index (χ3n) is 7.27. The van der Waals surface area contributed by atoms with Crippen LogP contribution in [0.5, 0.6) is 0 Å². The number of benzene rings is 1. The minimum Gasteiger partial charge on any atom is -0.397 e. The first-order chi connectivity index (χ1) is 15.5. The van der Waals surface area contributed by atoms with Crippen molar-refractivity contribution in [2.24, 2.45) is 0 Å². The maximum Gasteiger partial charge on any atom is 0.263 e. The Kier molecular flexibility index (Phi) is 4.84. The minimum absolute atomic E-state index is 0.0792. The van der Waals surface area contributed by atoms with Gasteiger partial charge in [-0.2, -0.15) is 0 Å². The maximum atomic E-state index is 13.0. The molecule has 32 heavy (non-hydrogen) atoms. The Morgan fingerprint density at radius 2 is 1.97 bits per heavy atom. The molecule has 7 heteroatoms. The van der Waals surface area contributed by atoms with Crippen LogP contribution in [0.4, 0.5) is 11.4 Å². The molecule has 2 aliphatic heterocycles. The number of carbonyl (C=O) groups is 1. The van der Waals surface area contributed by atoms with Crippen LogP contribution in [0.15, 0.2) is 30.3 Å². The number of anilines is 2. The van der Waals surface area contributed by atoms with Gasteiger partial charge in [0.15, 0.2) is 0 Å². The van der Waals surface area contributed by atoms with Gasteiger partial charge in [-0.25, -0.2) is 4.98 Å². The molecule has 2 fully saturated rings. The number of nitrogens with two attached hydrogens (primary N) is 1. The molecule has 3 aromatic rings. The third kappa shape index (κ3) is 3.53. The summed E-state index contributed by atoms with van der Waals surface area (Å²) in [5, 5.41) is 7.82. The van der Waals surface area contributed by atoms with Crippen molar-refractivity contribution in [1.82, 2.24) is 15.6 Å². The first-order valence-corrected chi connectivity index (χ1v) is 12.4. The lowest BCUT2D eigenvalue weighted by molar-refractivity contribution is 0.0938. The fourth-order valence-corrected chi connectivity index (χ4v) is 6.62. The smallest absolute Gasteiger partial charge is 0.263 e. The Morgan fingerprint density at radius 1 is 1.16 bits per heavy atom. The number of nitrogens with zero attached hydrogens (tertiary/aromatic N) is 2. The highest BCUT2D eigenvalue weighted by atomic mass is 32.1. The van der Waals surface area contributed by atoms with Crippen LogP contribution in [0.2, 0.25) is 0 Å². The van der Waals surface area contributed by atoms with Crippen molar-refractivity contribution in [2.45, 2.75) is 57.2 Å². The number of amides is 1. The van der Waals surface area contributed by atoms with E-state index in [1.54, 1.807) is 0 Å². The van der Waals surface area contributed by atoms with E-state index in [9.17, 15) is 4.79 Å². The lowest BCUT2D eigenvalue weighted by Crippen LogP contribution is -2.51. The molecular formula is C25H29N5OS. The lowest BCUT2D eigenvalue weighted by Gasteiger charge is -2.35. The fourth-order valence-electron chi connectivity index (χ4n) is 5.58. The molecule has 2 bridgehead atoms. The van der Waals surface area contributed by atoms with Crippen LogP contribution < -0.4 is 21.3 Å². The molecule has 4 heterocycles. The highest BCUT2D eigenvalue weighted by Gasteiger charge is 2.32. The largest absolute Gasteiger partial charge is 0.397 e. The molecule has 0 saturated carbocycles. The van der Waals surface area contributed by atoms with Crippen LogP contribution in [-0.4, -0.2) is 42.1 Å². The van der Waals surface area contributed by atoms with E-state index in [0.717, 1.165) is 48.3 Å². The second-order valence-electron chi connectivity index (χ2n) is 9.56. The van der Waals surface area contributed by atoms with Crippen LogP contribution in [0, 0.1) is 6.92 Å². The Hall–Kier alpha value is -2.64. The summed E-state index contributed by atoms with van der Waals surface area (Å²) in [6.45, 7) is 4.17. The molecule has 1 aliphatic carbocycles. The molecule has 2 aromatic heterocycles. The molecule has 0 spiro atoms. The lowest BCUT2D eigenvalue weighted by atomic mass is 9.87. The first kappa shape index (κ1) is 20.0. The van der Waals surface area contributed by atoms with Crippen molar-refractivity contribution in [3.8, 4) is 0 Å². The van der Waals surface area contributed by atoms with E-state index in [2.05, 4.69) is 38.7 Å². The molecule has 6 rings (SSSR count). The average Bonchev–Trinajstić information content (AvgIpc) is 3.30. The molecule has 3 aliphatic rings. The molecule has 0 radical (unpaired) electrons. The van der Waals surface area contributed by atoms with Crippen molar-refractivity contribution in [1.29, 1.82) is 0 Å². The summed E-state index contributed by atoms with van der Waals surface area (Å²) < 4.78 is 0. The Labute approximate surface area is 192 Å². The SMILES string of the molecule is Cc1ccc2c(N)c(C(=O)N[C@H]3CCc4cc(N5C[C@H]6CC[C@@H](C5)N6)ccc4C3)sc2n1. The van der Waals surface area contributed by atoms with Gasteiger partial charge in [-0.15, -0.1) is 11.3 Å². The summed E-state index contributed by atoms with van der Waals surface area (Å²) in [5.74, 6) is -0.0792. The number of carbonyl (C=O) groups excluding carboxylic acids is 1. The van der Waals surface area contributed by atoms with E-state index < -0.39 is 0 Å². The average molecular weight is 448 g/mol. The molecule has 3 atom stereocenters. The number of aryl methyl sites for hydroxylation is 2. The summed E-state index contributed by atoms with van der Waals surface area (Å²) in [4.78, 5) is 21.5. The highest BCUT2D eigenvalue weighted by Crippen LogP contribution is 2.33. The van der Waals surface area contributed by atoms with Crippen LogP contribution in [-0.2, 0) is 12.8 Å². The molecule has 2 saturated heterocycles. The molecule has 1 aromatic carbocycles. The van der Waals surface area contributed by atoms with Gasteiger partial charge in [-0.3, -0.25) is 4.79 Å². The molecule has 0 unspecified atom stereocenters. The number of pyridine rings is 1. The summed E-state index contributed by atoms with van der Waals surface area (Å²) in [5.41, 5.74) is 11.9. The quantitative estimate of drug-likeness (QED) is 0.573. The Morgan fingerprint density at radius 3 is 2.78 bits per heavy atom. The number of rotatable bonds is 3. The van der Waals surface area contributed by atoms with Gasteiger partial charge >= 0.3 is 0 Å². The summed E-state index contributed by atoms with van der Waals surface area (Å²) >= 11 is 1.38. The van der Waals surface area contributed by atoms with Crippen LogP contribution in [0.3, 0.4) is 0 Å².